The molecule has 0 radical (unpaired) electrons. The Morgan fingerprint density at radius 3 is 2.19 bits per heavy atom. The van der Waals surface area contributed by atoms with Gasteiger partial charge in [-0.1, -0.05) is 6.92 Å². The van der Waals surface area contributed by atoms with Gasteiger partial charge in [-0.15, -0.1) is 0 Å². The van der Waals surface area contributed by atoms with E-state index in [2.05, 4.69) is 12.2 Å². The minimum Gasteiger partial charge on any atom is -0.480 e. The van der Waals surface area contributed by atoms with E-state index >= 15 is 0 Å². The molecule has 0 bridgehead atoms. The molecule has 0 unspecified atom stereocenters. The molecule has 1 amide bonds. The molecule has 0 aliphatic carbocycles. The summed E-state index contributed by atoms with van der Waals surface area (Å²) in [5, 5.41) is 20.6. The fraction of sp³-hybridized carbons (Fsp3) is 0.529. The zero-order valence-electron chi connectivity index (χ0n) is 14.8. The zero-order chi connectivity index (χ0) is 19.5. The number of hydrogen-bond donors (Lipinski definition) is 3. The molecule has 26 heavy (non-hydrogen) atoms. The smallest absolute Gasteiger partial charge is 0.328 e. The van der Waals surface area contributed by atoms with Crippen LogP contribution in [0.25, 0.3) is 0 Å². The standard InChI is InChI=1S/C17H24N2O6S/c1-11-7-9-19(10-8-11)26(24,25)14-5-3-13(4-6-14)16(21)18-15(12(2)20)17(22)23/h3-6,11-12,15,20H,7-10H2,1-2H3,(H,18,21)(H,22,23)/t12-,15-/m0/s1. The molecule has 3 N–H and O–H groups in total. The lowest BCUT2D eigenvalue weighted by Crippen LogP contribution is -2.47. The van der Waals surface area contributed by atoms with E-state index in [-0.39, 0.29) is 10.5 Å². The summed E-state index contributed by atoms with van der Waals surface area (Å²) in [7, 11) is -3.61. The highest BCUT2D eigenvalue weighted by Crippen LogP contribution is 2.23. The number of nitrogens with zero attached hydrogens (tertiary/aromatic N) is 1. The lowest BCUT2D eigenvalue weighted by atomic mass is 10.0. The highest BCUT2D eigenvalue weighted by Gasteiger charge is 2.29. The predicted molar refractivity (Wildman–Crippen MR) is 94.2 cm³/mol. The first-order chi connectivity index (χ1) is 12.1. The van der Waals surface area contributed by atoms with Crippen molar-refractivity contribution in [1.29, 1.82) is 0 Å². The number of carbonyl (C=O) groups excluding carboxylic acids is 1. The van der Waals surface area contributed by atoms with Crippen LogP contribution in [-0.4, -0.2) is 60.0 Å². The van der Waals surface area contributed by atoms with Crippen LogP contribution in [0.3, 0.4) is 0 Å². The monoisotopic (exact) mass is 384 g/mol. The third-order valence-corrected chi connectivity index (χ3v) is 6.44. The summed E-state index contributed by atoms with van der Waals surface area (Å²) >= 11 is 0. The largest absolute Gasteiger partial charge is 0.480 e. The van der Waals surface area contributed by atoms with Gasteiger partial charge in [-0.3, -0.25) is 4.79 Å². The Labute approximate surface area is 152 Å². The molecule has 1 fully saturated rings. The quantitative estimate of drug-likeness (QED) is 0.662. The SMILES string of the molecule is CC1CCN(S(=O)(=O)c2ccc(C(=O)N[C@H](C(=O)O)[C@H](C)O)cc2)CC1. The van der Waals surface area contributed by atoms with Gasteiger partial charge in [0.15, 0.2) is 6.04 Å². The summed E-state index contributed by atoms with van der Waals surface area (Å²) in [5.74, 6) is -1.55. The normalized spacial score (nSPS) is 18.9. The number of nitrogens with one attached hydrogen (secondary N) is 1. The number of carboxylic acids is 1. The Kier molecular flexibility index (Phi) is 6.38. The average Bonchev–Trinajstić information content (AvgIpc) is 2.59. The molecule has 1 aromatic rings. The molecule has 1 aliphatic heterocycles. The van der Waals surface area contributed by atoms with Crippen LogP contribution in [0.1, 0.15) is 37.0 Å². The van der Waals surface area contributed by atoms with Gasteiger partial charge >= 0.3 is 5.97 Å². The van der Waals surface area contributed by atoms with Crippen molar-refractivity contribution in [1.82, 2.24) is 9.62 Å². The number of piperidine rings is 1. The number of benzene rings is 1. The number of rotatable bonds is 6. The second-order valence-electron chi connectivity index (χ2n) is 6.64. The Morgan fingerprint density at radius 1 is 1.19 bits per heavy atom. The van der Waals surface area contributed by atoms with Crippen molar-refractivity contribution in [3.63, 3.8) is 0 Å². The maximum Gasteiger partial charge on any atom is 0.328 e. The lowest BCUT2D eigenvalue weighted by molar-refractivity contribution is -0.141. The first-order valence-corrected chi connectivity index (χ1v) is 9.89. The third-order valence-electron chi connectivity index (χ3n) is 4.53. The maximum absolute atomic E-state index is 12.6. The molecule has 0 aromatic heterocycles. The van der Waals surface area contributed by atoms with Crippen LogP contribution >= 0.6 is 0 Å². The summed E-state index contributed by atoms with van der Waals surface area (Å²) in [4.78, 5) is 23.2. The molecule has 144 valence electrons. The molecular formula is C17H24N2O6S. The first-order valence-electron chi connectivity index (χ1n) is 8.45. The van der Waals surface area contributed by atoms with E-state index in [1.54, 1.807) is 0 Å². The van der Waals surface area contributed by atoms with Gasteiger partial charge in [-0.2, -0.15) is 4.31 Å². The number of aliphatic hydroxyl groups excluding tert-OH is 1. The van der Waals surface area contributed by atoms with Crippen LogP contribution in [0.15, 0.2) is 29.2 Å². The van der Waals surface area contributed by atoms with Crippen molar-refractivity contribution in [2.24, 2.45) is 5.92 Å². The molecule has 2 atom stereocenters. The van der Waals surface area contributed by atoms with Gasteiger partial charge in [-0.05, 0) is 49.9 Å². The second kappa shape index (κ2) is 8.15. The van der Waals surface area contributed by atoms with E-state index in [1.165, 1.54) is 35.5 Å². The summed E-state index contributed by atoms with van der Waals surface area (Å²) in [5.41, 5.74) is 0.114. The molecule has 0 spiro atoms. The Morgan fingerprint density at radius 2 is 1.73 bits per heavy atom. The van der Waals surface area contributed by atoms with E-state index in [4.69, 9.17) is 5.11 Å². The first kappa shape index (κ1) is 20.3. The number of carboxylic acid groups (broad SMARTS) is 1. The minimum absolute atomic E-state index is 0.0916. The highest BCUT2D eigenvalue weighted by molar-refractivity contribution is 7.89. The lowest BCUT2D eigenvalue weighted by Gasteiger charge is -2.29. The van der Waals surface area contributed by atoms with E-state index in [0.717, 1.165) is 12.8 Å². The van der Waals surface area contributed by atoms with Crippen molar-refractivity contribution in [2.75, 3.05) is 13.1 Å². The molecule has 8 nitrogen and oxygen atoms in total. The van der Waals surface area contributed by atoms with Crippen molar-refractivity contribution in [3.8, 4) is 0 Å². The summed E-state index contributed by atoms with van der Waals surface area (Å²) < 4.78 is 26.7. The summed E-state index contributed by atoms with van der Waals surface area (Å²) in [6, 6.07) is 3.88. The Balaban J connectivity index is 2.12. The number of sulfonamides is 1. The van der Waals surface area contributed by atoms with Gasteiger partial charge in [0.25, 0.3) is 5.91 Å². The van der Waals surface area contributed by atoms with Crippen LogP contribution < -0.4 is 5.32 Å². The van der Waals surface area contributed by atoms with Gasteiger partial charge in [0.1, 0.15) is 0 Å². The predicted octanol–water partition coefficient (Wildman–Crippen LogP) is 0.671. The minimum atomic E-state index is -3.61. The Hall–Kier alpha value is -1.97. The van der Waals surface area contributed by atoms with Gasteiger partial charge in [0, 0.05) is 18.7 Å². The van der Waals surface area contributed by atoms with Crippen molar-refractivity contribution in [3.05, 3.63) is 29.8 Å². The molecule has 1 aliphatic rings. The molecule has 0 saturated carbocycles. The fourth-order valence-corrected chi connectivity index (χ4v) is 4.24. The van der Waals surface area contributed by atoms with Crippen molar-refractivity contribution in [2.45, 2.75) is 43.7 Å². The van der Waals surface area contributed by atoms with Gasteiger partial charge in [0.2, 0.25) is 10.0 Å². The van der Waals surface area contributed by atoms with Crippen LogP contribution in [0.4, 0.5) is 0 Å². The Bertz CT molecular complexity index is 752. The molecule has 1 saturated heterocycles. The van der Waals surface area contributed by atoms with Crippen LogP contribution in [0, 0.1) is 5.92 Å². The molecule has 1 aromatic carbocycles. The van der Waals surface area contributed by atoms with E-state index < -0.39 is 34.0 Å². The third kappa shape index (κ3) is 4.60. The molecule has 2 rings (SSSR count). The van der Waals surface area contributed by atoms with E-state index in [9.17, 15) is 23.1 Å². The summed E-state index contributed by atoms with van der Waals surface area (Å²) in [6.07, 6.45) is 0.364. The van der Waals surface area contributed by atoms with E-state index in [1.807, 2.05) is 0 Å². The number of aliphatic hydroxyl groups is 1. The fourth-order valence-electron chi connectivity index (χ4n) is 2.77. The highest BCUT2D eigenvalue weighted by atomic mass is 32.2. The van der Waals surface area contributed by atoms with E-state index in [0.29, 0.717) is 19.0 Å². The molecule has 1 heterocycles. The van der Waals surface area contributed by atoms with Crippen LogP contribution in [0.2, 0.25) is 0 Å². The second-order valence-corrected chi connectivity index (χ2v) is 8.58. The van der Waals surface area contributed by atoms with Crippen molar-refractivity contribution >= 4 is 21.9 Å². The van der Waals surface area contributed by atoms with Gasteiger partial charge in [0.05, 0.1) is 11.0 Å². The van der Waals surface area contributed by atoms with Gasteiger partial charge in [-0.25, -0.2) is 13.2 Å². The molecule has 9 heteroatoms. The number of aliphatic carboxylic acids is 1. The molecular weight excluding hydrogens is 360 g/mol. The van der Waals surface area contributed by atoms with Crippen LogP contribution in [0.5, 0.6) is 0 Å². The average molecular weight is 384 g/mol. The maximum atomic E-state index is 12.6. The number of hydrogen-bond acceptors (Lipinski definition) is 5. The van der Waals surface area contributed by atoms with Gasteiger partial charge < -0.3 is 15.5 Å². The van der Waals surface area contributed by atoms with Crippen molar-refractivity contribution < 1.29 is 28.2 Å². The van der Waals surface area contributed by atoms with Crippen LogP contribution in [-0.2, 0) is 14.8 Å². The number of amides is 1. The zero-order valence-corrected chi connectivity index (χ0v) is 15.6. The topological polar surface area (TPSA) is 124 Å². The number of carbonyl (C=O) groups is 2. The summed E-state index contributed by atoms with van der Waals surface area (Å²) in [6.45, 7) is 4.30.